The molecule has 2 amide bonds. The highest BCUT2D eigenvalue weighted by Crippen LogP contribution is 2.71. The molecule has 4 rings (SSSR count). The van der Waals surface area contributed by atoms with E-state index in [1.165, 1.54) is 12.3 Å². The maximum atomic E-state index is 16.2. The van der Waals surface area contributed by atoms with Crippen molar-refractivity contribution in [3.05, 3.63) is 12.3 Å². The summed E-state index contributed by atoms with van der Waals surface area (Å²) in [6, 6.07) is -0.767. The summed E-state index contributed by atoms with van der Waals surface area (Å²) in [7, 11) is -4.20. The van der Waals surface area contributed by atoms with Crippen molar-refractivity contribution in [2.24, 2.45) is 5.41 Å². The molecule has 3 fully saturated rings. The van der Waals surface area contributed by atoms with Crippen LogP contribution in [-0.4, -0.2) is 57.7 Å². The van der Waals surface area contributed by atoms with Crippen molar-refractivity contribution < 1.29 is 41.3 Å². The largest absolute Gasteiger partial charge is 0.476 e. The van der Waals surface area contributed by atoms with Crippen LogP contribution in [0.2, 0.25) is 0 Å². The highest BCUT2D eigenvalue weighted by atomic mass is 32.2. The number of rotatable bonds is 4. The van der Waals surface area contributed by atoms with Crippen molar-refractivity contribution in [1.29, 1.82) is 5.41 Å². The Labute approximate surface area is 177 Å². The van der Waals surface area contributed by atoms with E-state index in [1.54, 1.807) is 27.7 Å². The molecule has 0 aromatic heterocycles. The smallest absolute Gasteiger partial charge is 0.308 e. The maximum Gasteiger partial charge on any atom is 0.476 e. The third-order valence-electron chi connectivity index (χ3n) is 5.77. The highest BCUT2D eigenvalue weighted by molar-refractivity contribution is 8.13. The number of urea groups is 1. The molecule has 166 valence electrons. The first kappa shape index (κ1) is 22.1. The van der Waals surface area contributed by atoms with E-state index >= 15 is 4.39 Å². The van der Waals surface area contributed by atoms with Gasteiger partial charge in [-0.15, -0.1) is 4.48 Å². The first-order valence-corrected chi connectivity index (χ1v) is 11.9. The van der Waals surface area contributed by atoms with Crippen LogP contribution in [0.15, 0.2) is 12.3 Å². The summed E-state index contributed by atoms with van der Waals surface area (Å²) < 4.78 is 50.3. The van der Waals surface area contributed by atoms with Gasteiger partial charge in [0.25, 0.3) is 0 Å². The Balaban J connectivity index is 1.54. The molecule has 0 radical (unpaired) electrons. The minimum absolute atomic E-state index is 0.165. The first-order valence-electron chi connectivity index (χ1n) is 9.44. The van der Waals surface area contributed by atoms with E-state index in [4.69, 9.17) is 23.7 Å². The van der Waals surface area contributed by atoms with Gasteiger partial charge >= 0.3 is 25.9 Å². The number of carbonyl (C=O) groups excluding carboxylic acids is 2. The molecule has 0 aliphatic carbocycles. The van der Waals surface area contributed by atoms with Crippen LogP contribution in [0.5, 0.6) is 0 Å². The summed E-state index contributed by atoms with van der Waals surface area (Å²) in [6.45, 7) is 6.72. The number of thioether (sulfide) groups is 1. The second kappa shape index (κ2) is 6.68. The lowest BCUT2D eigenvalue weighted by molar-refractivity contribution is -0.748. The van der Waals surface area contributed by atoms with E-state index in [2.05, 4.69) is 5.32 Å². The second-order valence-corrected chi connectivity index (χ2v) is 11.2. The van der Waals surface area contributed by atoms with Crippen LogP contribution in [-0.2, 0) is 27.7 Å². The number of fused-ring (bicyclic) bond motifs is 5. The van der Waals surface area contributed by atoms with Crippen LogP contribution in [0.1, 0.15) is 34.1 Å². The average molecular weight is 464 g/mol. The van der Waals surface area contributed by atoms with Gasteiger partial charge in [0.05, 0.1) is 6.61 Å². The molecule has 2 unspecified atom stereocenters. The number of ether oxygens (including phenoxy) is 1. The summed E-state index contributed by atoms with van der Waals surface area (Å²) in [4.78, 5) is 24.5. The van der Waals surface area contributed by atoms with E-state index in [0.717, 1.165) is 11.8 Å². The number of nitrogens with zero attached hydrogens (tertiary/aromatic N) is 1. The van der Waals surface area contributed by atoms with E-state index in [-0.39, 0.29) is 29.9 Å². The molecule has 13 heteroatoms. The summed E-state index contributed by atoms with van der Waals surface area (Å²) in [6.07, 6.45) is 0.193. The van der Waals surface area contributed by atoms with Gasteiger partial charge in [0.2, 0.25) is 0 Å². The van der Waals surface area contributed by atoms with E-state index in [0.29, 0.717) is 0 Å². The predicted octanol–water partition coefficient (Wildman–Crippen LogP) is 3.01. The lowest BCUT2D eigenvalue weighted by Gasteiger charge is -2.42. The molecule has 2 N–H and O–H groups in total. The molecule has 4 aliphatic rings. The fourth-order valence-corrected chi connectivity index (χ4v) is 6.37. The molecule has 4 aliphatic heterocycles. The highest BCUT2D eigenvalue weighted by Gasteiger charge is 2.98. The van der Waals surface area contributed by atoms with E-state index in [1.807, 2.05) is 0 Å². The van der Waals surface area contributed by atoms with Crippen molar-refractivity contribution in [2.75, 3.05) is 12.5 Å². The third-order valence-corrected chi connectivity index (χ3v) is 8.42. The topological polar surface area (TPSA) is 124 Å². The Morgan fingerprint density at radius 1 is 1.53 bits per heavy atom. The Hall–Kier alpha value is -1.14. The van der Waals surface area contributed by atoms with Gasteiger partial charge in [-0.2, -0.15) is 4.39 Å². The van der Waals surface area contributed by atoms with Gasteiger partial charge in [0, 0.05) is 11.5 Å². The Kier molecular flexibility index (Phi) is 4.91. The molecular formula is C17H24FN3O7PS+. The zero-order chi connectivity index (χ0) is 22.2. The number of nitrogens with one attached hydrogen (secondary N) is 2. The molecule has 0 aromatic rings. The van der Waals surface area contributed by atoms with Gasteiger partial charge in [-0.1, -0.05) is 39.5 Å². The molecule has 30 heavy (non-hydrogen) atoms. The SMILES string of the molecule is CC[C@@]12COP(=O)(OCSC(=O)C(C)(C)C)O[C@H]1[C@@]1(F)[C@@H](O2)[N+]12C=CC(=N)NC2=O. The van der Waals surface area contributed by atoms with Gasteiger partial charge < -0.3 is 4.74 Å². The van der Waals surface area contributed by atoms with Gasteiger partial charge in [0.1, 0.15) is 23.6 Å². The monoisotopic (exact) mass is 464 g/mol. The van der Waals surface area contributed by atoms with Crippen LogP contribution >= 0.6 is 19.6 Å². The number of phosphoric ester groups is 1. The zero-order valence-corrected chi connectivity index (χ0v) is 18.7. The molecule has 10 nitrogen and oxygen atoms in total. The summed E-state index contributed by atoms with van der Waals surface area (Å²) in [5, 5.41) is 9.63. The normalized spacial score (nSPS) is 44.6. The van der Waals surface area contributed by atoms with Crippen molar-refractivity contribution in [1.82, 2.24) is 5.32 Å². The fourth-order valence-electron chi connectivity index (χ4n) is 3.93. The number of halogens is 1. The number of amidine groups is 1. The Morgan fingerprint density at radius 3 is 2.83 bits per heavy atom. The van der Waals surface area contributed by atoms with Gasteiger partial charge in [0.15, 0.2) is 11.2 Å². The lowest BCUT2D eigenvalue weighted by atomic mass is 9.92. The summed E-state index contributed by atoms with van der Waals surface area (Å²) in [5.41, 5.74) is -1.84. The molecular weight excluding hydrogens is 440 g/mol. The lowest BCUT2D eigenvalue weighted by Crippen LogP contribution is -2.61. The molecule has 3 saturated heterocycles. The number of alkyl halides is 1. The Bertz CT molecular complexity index is 910. The third kappa shape index (κ3) is 2.89. The summed E-state index contributed by atoms with van der Waals surface area (Å²) >= 11 is 0.817. The summed E-state index contributed by atoms with van der Waals surface area (Å²) in [5.74, 6) is -2.80. The Morgan fingerprint density at radius 2 is 2.23 bits per heavy atom. The van der Waals surface area contributed by atoms with Crippen LogP contribution < -0.4 is 5.32 Å². The number of carbonyl (C=O) groups is 2. The van der Waals surface area contributed by atoms with Crippen LogP contribution in [0, 0.1) is 10.8 Å². The quantitative estimate of drug-likeness (QED) is 0.214. The number of quaternary nitrogens is 1. The van der Waals surface area contributed by atoms with Gasteiger partial charge in [-0.25, -0.2) is 9.36 Å². The van der Waals surface area contributed by atoms with Crippen LogP contribution in [0.25, 0.3) is 0 Å². The average Bonchev–Trinajstić information content (AvgIpc) is 3.05. The molecule has 6 atom stereocenters. The second-order valence-electron chi connectivity index (χ2n) is 8.69. The number of hydrogen-bond donors (Lipinski definition) is 2. The molecule has 4 heterocycles. The van der Waals surface area contributed by atoms with Crippen LogP contribution in [0.4, 0.5) is 9.18 Å². The van der Waals surface area contributed by atoms with Crippen LogP contribution in [0.3, 0.4) is 0 Å². The molecule has 0 aromatic carbocycles. The van der Waals surface area contributed by atoms with E-state index in [9.17, 15) is 14.2 Å². The zero-order valence-electron chi connectivity index (χ0n) is 17.0. The number of hydrogen-bond acceptors (Lipinski definition) is 9. The minimum Gasteiger partial charge on any atom is -0.308 e. The van der Waals surface area contributed by atoms with Crippen molar-refractivity contribution in [2.45, 2.75) is 57.8 Å². The number of phosphoric acid groups is 1. The first-order chi connectivity index (χ1) is 13.8. The minimum atomic E-state index is -4.20. The number of amides is 2. The van der Waals surface area contributed by atoms with Crippen molar-refractivity contribution >= 4 is 36.6 Å². The van der Waals surface area contributed by atoms with E-state index < -0.39 is 47.5 Å². The molecule has 0 saturated carbocycles. The predicted molar refractivity (Wildman–Crippen MR) is 104 cm³/mol. The fraction of sp³-hybridized carbons (Fsp3) is 0.706. The molecule has 0 bridgehead atoms. The maximum absolute atomic E-state index is 16.2. The van der Waals surface area contributed by atoms with Crippen molar-refractivity contribution in [3.63, 3.8) is 0 Å². The standard InChI is InChI=1S/C17H23FN3O7PS/c1-5-16-8-25-29(24,26-9-30-13(22)15(2,3)4)28-11(16)17(18)12(27-16)21(17)7-6-10(19)20-14(21)23/h6-7,11-12H,5,8-9H2,1-4H3,(H-,19,20,23)/p+1/t11-,12-,16-,17+,21?,29?/m1/s1. The molecule has 1 spiro atoms. The van der Waals surface area contributed by atoms with Crippen molar-refractivity contribution in [3.8, 4) is 0 Å². The van der Waals surface area contributed by atoms with Gasteiger partial charge in [-0.05, 0) is 6.42 Å². The van der Waals surface area contributed by atoms with Gasteiger partial charge in [-0.3, -0.25) is 29.1 Å².